The average molecular weight is 382 g/mol. The Morgan fingerprint density at radius 1 is 0.667 bits per heavy atom. The van der Waals surface area contributed by atoms with E-state index in [0.717, 1.165) is 11.4 Å². The Morgan fingerprint density at radius 3 is 1.56 bits per heavy atom. The molecule has 0 fully saturated rings. The van der Waals surface area contributed by atoms with Gasteiger partial charge in [-0.2, -0.15) is 0 Å². The van der Waals surface area contributed by atoms with Crippen LogP contribution in [0.3, 0.4) is 0 Å². The van der Waals surface area contributed by atoms with E-state index >= 15 is 0 Å². The van der Waals surface area contributed by atoms with Gasteiger partial charge in [0.2, 0.25) is 0 Å². The highest BCUT2D eigenvalue weighted by Gasteiger charge is 2.18. The second-order valence-electron chi connectivity index (χ2n) is 8.00. The highest BCUT2D eigenvalue weighted by molar-refractivity contribution is 7.98. The Kier molecular flexibility index (Phi) is 6.52. The molecule has 0 aliphatic heterocycles. The molecule has 2 aromatic rings. The van der Waals surface area contributed by atoms with Crippen molar-refractivity contribution in [3.8, 4) is 0 Å². The summed E-state index contributed by atoms with van der Waals surface area (Å²) in [5, 5.41) is 3.53. The zero-order valence-corrected chi connectivity index (χ0v) is 19.6. The molecule has 0 amide bonds. The Balaban J connectivity index is 2.55. The SMILES string of the molecule is C=C(C)Nc1c(C)c(C)c(C)c(C)c1SCc1c(C)c(C)c(C)c(C)c1C. The monoisotopic (exact) mass is 381 g/mol. The lowest BCUT2D eigenvalue weighted by molar-refractivity contribution is 1.11. The fourth-order valence-electron chi connectivity index (χ4n) is 3.76. The molecule has 2 rings (SSSR count). The molecular formula is C25H35NS. The largest absolute Gasteiger partial charge is 0.359 e. The van der Waals surface area contributed by atoms with Crippen LogP contribution in [0.25, 0.3) is 0 Å². The molecule has 0 aromatic heterocycles. The Bertz CT molecular complexity index is 890. The molecule has 2 aromatic carbocycles. The molecule has 0 unspecified atom stereocenters. The highest BCUT2D eigenvalue weighted by Crippen LogP contribution is 2.41. The van der Waals surface area contributed by atoms with Crippen molar-refractivity contribution < 1.29 is 0 Å². The molecule has 0 radical (unpaired) electrons. The summed E-state index contributed by atoms with van der Waals surface area (Å²) in [6.45, 7) is 26.3. The first-order valence-corrected chi connectivity index (χ1v) is 10.7. The van der Waals surface area contributed by atoms with Crippen LogP contribution in [-0.4, -0.2) is 0 Å². The summed E-state index contributed by atoms with van der Waals surface area (Å²) in [6, 6.07) is 0. The van der Waals surface area contributed by atoms with E-state index in [2.05, 4.69) is 74.2 Å². The lowest BCUT2D eigenvalue weighted by Crippen LogP contribution is -2.05. The fourth-order valence-corrected chi connectivity index (χ4v) is 5.20. The van der Waals surface area contributed by atoms with Crippen LogP contribution in [0.15, 0.2) is 17.2 Å². The Hall–Kier alpha value is -1.67. The number of anilines is 1. The van der Waals surface area contributed by atoms with Gasteiger partial charge >= 0.3 is 0 Å². The van der Waals surface area contributed by atoms with Gasteiger partial charge in [-0.3, -0.25) is 0 Å². The number of hydrogen-bond acceptors (Lipinski definition) is 2. The van der Waals surface area contributed by atoms with Crippen LogP contribution in [-0.2, 0) is 5.75 Å². The van der Waals surface area contributed by atoms with Gasteiger partial charge < -0.3 is 5.32 Å². The molecule has 1 nitrogen and oxygen atoms in total. The van der Waals surface area contributed by atoms with Crippen LogP contribution in [0.2, 0.25) is 0 Å². The van der Waals surface area contributed by atoms with E-state index in [0.29, 0.717) is 0 Å². The van der Waals surface area contributed by atoms with E-state index in [9.17, 15) is 0 Å². The summed E-state index contributed by atoms with van der Waals surface area (Å²) in [6.07, 6.45) is 0. The number of rotatable bonds is 5. The molecule has 0 spiro atoms. The predicted octanol–water partition coefficient (Wildman–Crippen LogP) is 7.70. The molecule has 0 saturated heterocycles. The molecule has 0 heterocycles. The van der Waals surface area contributed by atoms with Crippen molar-refractivity contribution in [3.05, 3.63) is 67.9 Å². The molecule has 2 heteroatoms. The molecule has 0 bridgehead atoms. The molecule has 146 valence electrons. The molecule has 0 atom stereocenters. The van der Waals surface area contributed by atoms with Crippen LogP contribution >= 0.6 is 11.8 Å². The normalized spacial score (nSPS) is 11.0. The first kappa shape index (κ1) is 21.6. The van der Waals surface area contributed by atoms with Crippen molar-refractivity contribution in [2.45, 2.75) is 79.9 Å². The summed E-state index contributed by atoms with van der Waals surface area (Å²) in [5.41, 5.74) is 16.3. The van der Waals surface area contributed by atoms with Crippen molar-refractivity contribution in [2.75, 3.05) is 5.32 Å². The zero-order chi connectivity index (χ0) is 20.6. The first-order chi connectivity index (χ1) is 12.5. The molecule has 1 N–H and O–H groups in total. The predicted molar refractivity (Wildman–Crippen MR) is 124 cm³/mol. The van der Waals surface area contributed by atoms with E-state index in [4.69, 9.17) is 0 Å². The third-order valence-corrected chi connectivity index (χ3v) is 7.72. The zero-order valence-electron chi connectivity index (χ0n) is 18.8. The van der Waals surface area contributed by atoms with Crippen molar-refractivity contribution in [2.24, 2.45) is 0 Å². The van der Waals surface area contributed by atoms with Crippen LogP contribution in [0.4, 0.5) is 5.69 Å². The second-order valence-corrected chi connectivity index (χ2v) is 8.99. The van der Waals surface area contributed by atoms with Gasteiger partial charge in [0.15, 0.2) is 0 Å². The summed E-state index contributed by atoms with van der Waals surface area (Å²) < 4.78 is 0. The topological polar surface area (TPSA) is 12.0 Å². The smallest absolute Gasteiger partial charge is 0.0555 e. The lowest BCUT2D eigenvalue weighted by atomic mass is 9.90. The van der Waals surface area contributed by atoms with Crippen molar-refractivity contribution in [1.82, 2.24) is 0 Å². The van der Waals surface area contributed by atoms with Crippen LogP contribution < -0.4 is 5.32 Å². The van der Waals surface area contributed by atoms with E-state index in [1.54, 1.807) is 0 Å². The minimum Gasteiger partial charge on any atom is -0.359 e. The van der Waals surface area contributed by atoms with Gasteiger partial charge in [-0.15, -0.1) is 11.8 Å². The lowest BCUT2D eigenvalue weighted by Gasteiger charge is -2.23. The molecular weight excluding hydrogens is 346 g/mol. The fraction of sp³-hybridized carbons (Fsp3) is 0.440. The maximum absolute atomic E-state index is 4.07. The van der Waals surface area contributed by atoms with Gasteiger partial charge in [0, 0.05) is 16.3 Å². The highest BCUT2D eigenvalue weighted by atomic mass is 32.2. The van der Waals surface area contributed by atoms with E-state index < -0.39 is 0 Å². The van der Waals surface area contributed by atoms with Gasteiger partial charge in [-0.25, -0.2) is 0 Å². The van der Waals surface area contributed by atoms with Crippen molar-refractivity contribution in [3.63, 3.8) is 0 Å². The number of benzene rings is 2. The first-order valence-electron chi connectivity index (χ1n) is 9.70. The van der Waals surface area contributed by atoms with Gasteiger partial charge in [0.05, 0.1) is 5.69 Å². The summed E-state index contributed by atoms with van der Waals surface area (Å²) in [7, 11) is 0. The maximum Gasteiger partial charge on any atom is 0.0555 e. The number of thioether (sulfide) groups is 1. The summed E-state index contributed by atoms with van der Waals surface area (Å²) in [5.74, 6) is 0.993. The Labute approximate surface area is 170 Å². The molecule has 0 saturated carbocycles. The van der Waals surface area contributed by atoms with Gasteiger partial charge in [0.1, 0.15) is 0 Å². The van der Waals surface area contributed by atoms with Gasteiger partial charge in [-0.1, -0.05) is 6.58 Å². The minimum atomic E-state index is 0.983. The van der Waals surface area contributed by atoms with Crippen LogP contribution in [0.5, 0.6) is 0 Å². The summed E-state index contributed by atoms with van der Waals surface area (Å²) in [4.78, 5) is 1.35. The quantitative estimate of drug-likeness (QED) is 0.532. The molecule has 0 aliphatic carbocycles. The van der Waals surface area contributed by atoms with E-state index in [1.807, 2.05) is 18.7 Å². The van der Waals surface area contributed by atoms with Gasteiger partial charge in [-0.05, 0) is 125 Å². The number of hydrogen-bond donors (Lipinski definition) is 1. The number of allylic oxidation sites excluding steroid dienone is 1. The second kappa shape index (κ2) is 8.14. The molecule has 27 heavy (non-hydrogen) atoms. The summed E-state index contributed by atoms with van der Waals surface area (Å²) >= 11 is 1.95. The van der Waals surface area contributed by atoms with E-state index in [-0.39, 0.29) is 0 Å². The van der Waals surface area contributed by atoms with Crippen molar-refractivity contribution >= 4 is 17.4 Å². The third-order valence-electron chi connectivity index (χ3n) is 6.48. The minimum absolute atomic E-state index is 0.983. The maximum atomic E-state index is 4.07. The van der Waals surface area contributed by atoms with Gasteiger partial charge in [0.25, 0.3) is 0 Å². The molecule has 0 aliphatic rings. The van der Waals surface area contributed by atoms with Crippen LogP contribution in [0, 0.1) is 62.3 Å². The van der Waals surface area contributed by atoms with Crippen LogP contribution in [0.1, 0.15) is 62.6 Å². The third kappa shape index (κ3) is 3.96. The van der Waals surface area contributed by atoms with Crippen molar-refractivity contribution in [1.29, 1.82) is 0 Å². The Morgan fingerprint density at radius 2 is 1.07 bits per heavy atom. The standard InChI is InChI=1S/C25H35NS/c1-13(2)26-24-21(10)17(6)18(7)22(11)25(24)27-12-23-19(8)15(4)14(3)16(5)20(23)9/h26H,1,12H2,2-11H3. The number of nitrogens with one attached hydrogen (secondary N) is 1. The van der Waals surface area contributed by atoms with E-state index in [1.165, 1.54) is 66.2 Å². The average Bonchev–Trinajstić information content (AvgIpc) is 2.62.